The van der Waals surface area contributed by atoms with Gasteiger partial charge in [-0.15, -0.1) is 0 Å². The van der Waals surface area contributed by atoms with E-state index >= 15 is 0 Å². The average Bonchev–Trinajstić information content (AvgIpc) is 3.63. The highest BCUT2D eigenvalue weighted by Crippen LogP contribution is 2.40. The van der Waals surface area contributed by atoms with E-state index < -0.39 is 0 Å². The molecule has 5 aromatic rings. The average molecular weight is 464 g/mol. The van der Waals surface area contributed by atoms with Crippen LogP contribution < -0.4 is 5.32 Å². The molecule has 1 aliphatic rings. The number of nitrogens with zero attached hydrogens (tertiary/aromatic N) is 3. The normalized spacial score (nSPS) is 13.2. The molecule has 0 unspecified atom stereocenters. The molecule has 1 saturated carbocycles. The third-order valence-electron chi connectivity index (χ3n) is 5.90. The Morgan fingerprint density at radius 3 is 2.56 bits per heavy atom. The summed E-state index contributed by atoms with van der Waals surface area (Å²) in [5, 5.41) is 13.4. The molecule has 1 fully saturated rings. The van der Waals surface area contributed by atoms with Crippen LogP contribution in [0.5, 0.6) is 0 Å². The van der Waals surface area contributed by atoms with E-state index in [9.17, 15) is 4.79 Å². The van der Waals surface area contributed by atoms with Gasteiger partial charge in [0.15, 0.2) is 17.3 Å². The van der Waals surface area contributed by atoms with Crippen LogP contribution in [0.15, 0.2) is 88.9 Å². The van der Waals surface area contributed by atoms with Gasteiger partial charge in [-0.3, -0.25) is 9.89 Å². The summed E-state index contributed by atoms with van der Waals surface area (Å²) in [4.78, 5) is 22.4. The summed E-state index contributed by atoms with van der Waals surface area (Å²) in [5.41, 5.74) is 3.59. The topological polar surface area (TPSA) is 83.6 Å². The van der Waals surface area contributed by atoms with E-state index in [-0.39, 0.29) is 0 Å². The second-order valence-electron chi connectivity index (χ2n) is 8.31. The van der Waals surface area contributed by atoms with Crippen LogP contribution in [0.2, 0.25) is 0 Å². The predicted octanol–water partition coefficient (Wildman–Crippen LogP) is 6.60. The van der Waals surface area contributed by atoms with E-state index in [4.69, 9.17) is 9.97 Å². The van der Waals surface area contributed by atoms with E-state index in [1.807, 2.05) is 78.9 Å². The first-order valence-corrected chi connectivity index (χ1v) is 12.0. The van der Waals surface area contributed by atoms with E-state index in [0.717, 1.165) is 44.7 Å². The summed E-state index contributed by atoms with van der Waals surface area (Å²) >= 11 is 1.39. The SMILES string of the molecule is O=Cc1c(Sc2nc(Nc3cc(C4CC4)[nH]n3)cc(-c3ccccc3)n2)ccc2ccccc12. The molecule has 0 aliphatic heterocycles. The largest absolute Gasteiger partial charge is 0.323 e. The van der Waals surface area contributed by atoms with E-state index in [1.165, 1.54) is 24.6 Å². The minimum atomic E-state index is 0.556. The smallest absolute Gasteiger partial charge is 0.195 e. The molecule has 166 valence electrons. The van der Waals surface area contributed by atoms with Gasteiger partial charge < -0.3 is 5.32 Å². The Labute approximate surface area is 200 Å². The monoisotopic (exact) mass is 463 g/mol. The number of benzene rings is 3. The maximum Gasteiger partial charge on any atom is 0.195 e. The molecule has 7 heteroatoms. The van der Waals surface area contributed by atoms with Gasteiger partial charge >= 0.3 is 0 Å². The second-order valence-corrected chi connectivity index (χ2v) is 9.32. The first-order chi connectivity index (χ1) is 16.8. The lowest BCUT2D eigenvalue weighted by Gasteiger charge is -2.11. The number of aldehydes is 1. The molecule has 3 aromatic carbocycles. The zero-order chi connectivity index (χ0) is 22.9. The summed E-state index contributed by atoms with van der Waals surface area (Å²) < 4.78 is 0. The molecule has 1 aliphatic carbocycles. The highest BCUT2D eigenvalue weighted by molar-refractivity contribution is 7.99. The quantitative estimate of drug-likeness (QED) is 0.209. The predicted molar refractivity (Wildman–Crippen MR) is 135 cm³/mol. The van der Waals surface area contributed by atoms with E-state index in [2.05, 4.69) is 15.5 Å². The molecule has 0 spiro atoms. The number of aromatic nitrogens is 4. The summed E-state index contributed by atoms with van der Waals surface area (Å²) in [7, 11) is 0. The van der Waals surface area contributed by atoms with Crippen molar-refractivity contribution in [2.24, 2.45) is 0 Å². The first-order valence-electron chi connectivity index (χ1n) is 11.2. The maximum atomic E-state index is 12.0. The van der Waals surface area contributed by atoms with Gasteiger partial charge in [0.25, 0.3) is 0 Å². The fourth-order valence-corrected chi connectivity index (χ4v) is 4.90. The van der Waals surface area contributed by atoms with Crippen LogP contribution in [-0.4, -0.2) is 26.5 Å². The van der Waals surface area contributed by atoms with Gasteiger partial charge in [0.2, 0.25) is 0 Å². The van der Waals surface area contributed by atoms with Crippen molar-refractivity contribution in [3.63, 3.8) is 0 Å². The lowest BCUT2D eigenvalue weighted by atomic mass is 10.1. The van der Waals surface area contributed by atoms with Crippen molar-refractivity contribution in [3.05, 3.63) is 90.1 Å². The minimum Gasteiger partial charge on any atom is -0.323 e. The highest BCUT2D eigenvalue weighted by Gasteiger charge is 2.25. The number of anilines is 2. The molecule has 34 heavy (non-hydrogen) atoms. The van der Waals surface area contributed by atoms with Gasteiger partial charge in [-0.25, -0.2) is 9.97 Å². The molecular weight excluding hydrogens is 442 g/mol. The van der Waals surface area contributed by atoms with Crippen LogP contribution in [0, 0.1) is 0 Å². The minimum absolute atomic E-state index is 0.556. The van der Waals surface area contributed by atoms with Crippen LogP contribution in [-0.2, 0) is 0 Å². The van der Waals surface area contributed by atoms with E-state index in [1.54, 1.807) is 0 Å². The van der Waals surface area contributed by atoms with Crippen molar-refractivity contribution in [2.75, 3.05) is 5.32 Å². The third-order valence-corrected chi connectivity index (χ3v) is 6.84. The fraction of sp³-hybridized carbons (Fsp3) is 0.111. The molecule has 0 atom stereocenters. The third kappa shape index (κ3) is 4.18. The molecule has 6 rings (SSSR count). The molecule has 0 radical (unpaired) electrons. The number of hydrogen-bond acceptors (Lipinski definition) is 6. The van der Waals surface area contributed by atoms with Crippen LogP contribution >= 0.6 is 11.8 Å². The second kappa shape index (κ2) is 8.76. The van der Waals surface area contributed by atoms with Gasteiger partial charge in [-0.2, -0.15) is 5.10 Å². The zero-order valence-corrected chi connectivity index (χ0v) is 19.0. The summed E-state index contributed by atoms with van der Waals surface area (Å²) in [5.74, 6) is 1.97. The van der Waals surface area contributed by atoms with Crippen LogP contribution in [0.1, 0.15) is 34.8 Å². The summed E-state index contributed by atoms with van der Waals surface area (Å²) in [6.45, 7) is 0. The van der Waals surface area contributed by atoms with Crippen LogP contribution in [0.3, 0.4) is 0 Å². The molecule has 6 nitrogen and oxygen atoms in total. The van der Waals surface area contributed by atoms with Crippen molar-refractivity contribution in [2.45, 2.75) is 28.8 Å². The summed E-state index contributed by atoms with van der Waals surface area (Å²) in [6.07, 6.45) is 3.33. The fourth-order valence-electron chi connectivity index (χ4n) is 4.01. The number of H-pyrrole nitrogens is 1. The number of nitrogens with one attached hydrogen (secondary N) is 2. The molecule has 2 N–H and O–H groups in total. The molecule has 2 heterocycles. The van der Waals surface area contributed by atoms with Crippen molar-refractivity contribution in [3.8, 4) is 11.3 Å². The molecular formula is C27H21N5OS. The van der Waals surface area contributed by atoms with Crippen molar-refractivity contribution in [1.82, 2.24) is 20.2 Å². The first kappa shape index (κ1) is 20.6. The van der Waals surface area contributed by atoms with Crippen molar-refractivity contribution in [1.29, 1.82) is 0 Å². The lowest BCUT2D eigenvalue weighted by molar-refractivity contribution is 0.112. The number of aromatic amines is 1. The van der Waals surface area contributed by atoms with Gasteiger partial charge in [-0.1, -0.05) is 60.7 Å². The van der Waals surface area contributed by atoms with Crippen LogP contribution in [0.25, 0.3) is 22.0 Å². The number of hydrogen-bond donors (Lipinski definition) is 2. The Balaban J connectivity index is 1.39. The molecule has 2 aromatic heterocycles. The van der Waals surface area contributed by atoms with Crippen molar-refractivity contribution >= 4 is 40.5 Å². The maximum absolute atomic E-state index is 12.0. The number of fused-ring (bicyclic) bond motifs is 1. The van der Waals surface area contributed by atoms with Crippen LogP contribution in [0.4, 0.5) is 11.6 Å². The lowest BCUT2D eigenvalue weighted by Crippen LogP contribution is -1.99. The Morgan fingerprint density at radius 1 is 0.912 bits per heavy atom. The summed E-state index contributed by atoms with van der Waals surface area (Å²) in [6, 6.07) is 25.8. The zero-order valence-electron chi connectivity index (χ0n) is 18.2. The van der Waals surface area contributed by atoms with Gasteiger partial charge in [0.05, 0.1) is 5.69 Å². The van der Waals surface area contributed by atoms with E-state index in [0.29, 0.717) is 22.5 Å². The highest BCUT2D eigenvalue weighted by atomic mass is 32.2. The molecule has 0 amide bonds. The molecule has 0 saturated heterocycles. The Bertz CT molecular complexity index is 1490. The Kier molecular flexibility index (Phi) is 5.31. The number of carbonyl (C=O) groups is 1. The number of rotatable bonds is 7. The Morgan fingerprint density at radius 2 is 1.74 bits per heavy atom. The number of carbonyl (C=O) groups excluding carboxylic acids is 1. The standard InChI is InChI=1S/C27H21N5OS/c33-16-21-20-9-5-4-6-17(20)12-13-24(21)34-27-28-22(18-7-2-1-3-8-18)14-25(30-27)29-26-15-23(31-32-26)19-10-11-19/h1-9,12-16,19H,10-11H2,(H2,28,29,30,31,32). The van der Waals surface area contributed by atoms with Crippen molar-refractivity contribution < 1.29 is 4.79 Å². The molecule has 0 bridgehead atoms. The van der Waals surface area contributed by atoms with Gasteiger partial charge in [0.1, 0.15) is 5.82 Å². The van der Waals surface area contributed by atoms with Gasteiger partial charge in [-0.05, 0) is 41.4 Å². The van der Waals surface area contributed by atoms with Gasteiger partial charge in [0, 0.05) is 39.8 Å². The Hall–Kier alpha value is -3.97.